The average Bonchev–Trinajstić information content (AvgIpc) is 2.70. The van der Waals surface area contributed by atoms with Crippen LogP contribution in [0.2, 0.25) is 0 Å². The minimum absolute atomic E-state index is 0.0741. The van der Waals surface area contributed by atoms with Crippen LogP contribution in [0.3, 0.4) is 0 Å². The van der Waals surface area contributed by atoms with E-state index in [1.165, 1.54) is 4.90 Å². The highest BCUT2D eigenvalue weighted by atomic mass is 16.5. The molecular weight excluding hydrogens is 234 g/mol. The van der Waals surface area contributed by atoms with Crippen molar-refractivity contribution in [1.29, 1.82) is 0 Å². The number of aromatic nitrogens is 1. The van der Waals surface area contributed by atoms with Gasteiger partial charge in [0.2, 0.25) is 5.91 Å². The molecule has 1 amide bonds. The van der Waals surface area contributed by atoms with Gasteiger partial charge in [0.15, 0.2) is 0 Å². The third-order valence-corrected chi connectivity index (χ3v) is 2.52. The number of amides is 1. The van der Waals surface area contributed by atoms with Crippen molar-refractivity contribution in [3.05, 3.63) is 18.0 Å². The van der Waals surface area contributed by atoms with Crippen LogP contribution in [0.4, 0.5) is 5.69 Å². The molecule has 6 nitrogen and oxygen atoms in total. The molecule has 0 saturated carbocycles. The molecule has 1 rings (SSSR count). The van der Waals surface area contributed by atoms with Gasteiger partial charge in [0.1, 0.15) is 12.3 Å². The summed E-state index contributed by atoms with van der Waals surface area (Å²) >= 11 is 0. The Kier molecular flexibility index (Phi) is 4.76. The van der Waals surface area contributed by atoms with Crippen LogP contribution in [0.25, 0.3) is 0 Å². The smallest absolute Gasteiger partial charge is 0.355 e. The Morgan fingerprint density at radius 2 is 2.11 bits per heavy atom. The van der Waals surface area contributed by atoms with Crippen LogP contribution < -0.4 is 5.73 Å². The van der Waals surface area contributed by atoms with Crippen LogP contribution in [0, 0.1) is 0 Å². The third kappa shape index (κ3) is 3.51. The highest BCUT2D eigenvalue weighted by Gasteiger charge is 2.14. The SMILES string of the molecule is CCn1cc(N)cc1C(=O)OCCC(=O)N(C)C. The molecule has 2 N–H and O–H groups in total. The van der Waals surface area contributed by atoms with Gasteiger partial charge in [-0.1, -0.05) is 0 Å². The number of esters is 1. The van der Waals surface area contributed by atoms with Crippen LogP contribution in [-0.2, 0) is 16.1 Å². The molecule has 0 spiro atoms. The number of carbonyl (C=O) groups is 2. The summed E-state index contributed by atoms with van der Waals surface area (Å²) in [6.07, 6.45) is 1.86. The molecule has 0 aromatic carbocycles. The fraction of sp³-hybridized carbons (Fsp3) is 0.500. The number of nitrogen functional groups attached to an aromatic ring is 1. The summed E-state index contributed by atoms with van der Waals surface area (Å²) in [6, 6.07) is 1.57. The largest absolute Gasteiger partial charge is 0.460 e. The predicted octanol–water partition coefficient (Wildman–Crippen LogP) is 0.725. The van der Waals surface area contributed by atoms with Crippen LogP contribution in [-0.4, -0.2) is 42.0 Å². The Morgan fingerprint density at radius 1 is 1.44 bits per heavy atom. The number of anilines is 1. The molecule has 0 atom stereocenters. The average molecular weight is 253 g/mol. The van der Waals surface area contributed by atoms with Crippen molar-refractivity contribution in [2.45, 2.75) is 19.9 Å². The van der Waals surface area contributed by atoms with Gasteiger partial charge < -0.3 is 19.9 Å². The van der Waals surface area contributed by atoms with E-state index in [2.05, 4.69) is 0 Å². The molecule has 1 heterocycles. The highest BCUT2D eigenvalue weighted by molar-refractivity contribution is 5.89. The maximum atomic E-state index is 11.8. The fourth-order valence-electron chi connectivity index (χ4n) is 1.49. The number of nitrogens with zero attached hydrogens (tertiary/aromatic N) is 2. The minimum atomic E-state index is -0.458. The molecule has 100 valence electrons. The number of nitrogens with two attached hydrogens (primary N) is 1. The number of carbonyl (C=O) groups excluding carboxylic acids is 2. The molecule has 0 aliphatic rings. The van der Waals surface area contributed by atoms with Crippen molar-refractivity contribution in [2.75, 3.05) is 26.4 Å². The molecular formula is C12H19N3O3. The van der Waals surface area contributed by atoms with Crippen molar-refractivity contribution < 1.29 is 14.3 Å². The Morgan fingerprint density at radius 3 is 2.67 bits per heavy atom. The van der Waals surface area contributed by atoms with Gasteiger partial charge in [-0.25, -0.2) is 4.79 Å². The quantitative estimate of drug-likeness (QED) is 0.784. The first-order valence-corrected chi connectivity index (χ1v) is 5.78. The van der Waals surface area contributed by atoms with Crippen molar-refractivity contribution in [3.8, 4) is 0 Å². The first-order chi connectivity index (χ1) is 8.45. The second-order valence-electron chi connectivity index (χ2n) is 4.12. The second kappa shape index (κ2) is 6.09. The number of rotatable bonds is 5. The van der Waals surface area contributed by atoms with E-state index >= 15 is 0 Å². The lowest BCUT2D eigenvalue weighted by Crippen LogP contribution is -2.23. The van der Waals surface area contributed by atoms with Gasteiger partial charge in [-0.3, -0.25) is 4.79 Å². The zero-order chi connectivity index (χ0) is 13.7. The summed E-state index contributed by atoms with van der Waals surface area (Å²) in [7, 11) is 3.32. The van der Waals surface area contributed by atoms with Gasteiger partial charge in [0.25, 0.3) is 0 Å². The Balaban J connectivity index is 2.53. The Bertz CT molecular complexity index is 438. The summed E-state index contributed by atoms with van der Waals surface area (Å²) < 4.78 is 6.76. The molecule has 0 fully saturated rings. The highest BCUT2D eigenvalue weighted by Crippen LogP contribution is 2.11. The molecule has 0 saturated heterocycles. The molecule has 1 aromatic heterocycles. The molecule has 0 aliphatic heterocycles. The predicted molar refractivity (Wildman–Crippen MR) is 68.1 cm³/mol. The zero-order valence-electron chi connectivity index (χ0n) is 11.0. The number of aryl methyl sites for hydroxylation is 1. The topological polar surface area (TPSA) is 77.6 Å². The van der Waals surface area contributed by atoms with Crippen molar-refractivity contribution in [2.24, 2.45) is 0 Å². The zero-order valence-corrected chi connectivity index (χ0v) is 11.0. The first kappa shape index (κ1) is 14.1. The summed E-state index contributed by atoms with van der Waals surface area (Å²) in [5.74, 6) is -0.534. The lowest BCUT2D eigenvalue weighted by molar-refractivity contribution is -0.129. The fourth-order valence-corrected chi connectivity index (χ4v) is 1.49. The van der Waals surface area contributed by atoms with Gasteiger partial charge in [0.05, 0.1) is 12.1 Å². The van der Waals surface area contributed by atoms with E-state index in [0.717, 1.165) is 0 Å². The molecule has 0 bridgehead atoms. The first-order valence-electron chi connectivity index (χ1n) is 5.78. The minimum Gasteiger partial charge on any atom is -0.460 e. The second-order valence-corrected chi connectivity index (χ2v) is 4.12. The normalized spacial score (nSPS) is 10.2. The summed E-state index contributed by atoms with van der Waals surface area (Å²) in [4.78, 5) is 24.5. The van der Waals surface area contributed by atoms with Crippen LogP contribution >= 0.6 is 0 Å². The summed E-state index contributed by atoms with van der Waals surface area (Å²) in [6.45, 7) is 2.62. The van der Waals surface area contributed by atoms with Crippen molar-refractivity contribution >= 4 is 17.6 Å². The molecule has 18 heavy (non-hydrogen) atoms. The van der Waals surface area contributed by atoms with Gasteiger partial charge in [-0.15, -0.1) is 0 Å². The molecule has 0 aliphatic carbocycles. The van der Waals surface area contributed by atoms with E-state index in [1.54, 1.807) is 30.9 Å². The van der Waals surface area contributed by atoms with Crippen LogP contribution in [0.15, 0.2) is 12.3 Å². The van der Waals surface area contributed by atoms with Crippen molar-refractivity contribution in [1.82, 2.24) is 9.47 Å². The van der Waals surface area contributed by atoms with E-state index in [0.29, 0.717) is 17.9 Å². The lowest BCUT2D eigenvalue weighted by atomic mass is 10.4. The van der Waals surface area contributed by atoms with E-state index < -0.39 is 5.97 Å². The monoisotopic (exact) mass is 253 g/mol. The van der Waals surface area contributed by atoms with E-state index in [-0.39, 0.29) is 18.9 Å². The van der Waals surface area contributed by atoms with E-state index in [4.69, 9.17) is 10.5 Å². The summed E-state index contributed by atoms with van der Waals surface area (Å²) in [5.41, 5.74) is 6.55. The Hall–Kier alpha value is -1.98. The van der Waals surface area contributed by atoms with Gasteiger partial charge in [-0.2, -0.15) is 0 Å². The van der Waals surface area contributed by atoms with E-state index in [1.807, 2.05) is 6.92 Å². The van der Waals surface area contributed by atoms with Gasteiger partial charge >= 0.3 is 5.97 Å². The molecule has 1 aromatic rings. The van der Waals surface area contributed by atoms with Crippen molar-refractivity contribution in [3.63, 3.8) is 0 Å². The lowest BCUT2D eigenvalue weighted by Gasteiger charge is -2.10. The number of ether oxygens (including phenoxy) is 1. The number of hydrogen-bond acceptors (Lipinski definition) is 4. The van der Waals surface area contributed by atoms with E-state index in [9.17, 15) is 9.59 Å². The maximum Gasteiger partial charge on any atom is 0.355 e. The van der Waals surface area contributed by atoms with Crippen LogP contribution in [0.5, 0.6) is 0 Å². The molecule has 0 radical (unpaired) electrons. The molecule has 0 unspecified atom stereocenters. The maximum absolute atomic E-state index is 11.8. The number of hydrogen-bond donors (Lipinski definition) is 1. The Labute approximate surface area is 106 Å². The van der Waals surface area contributed by atoms with Crippen LogP contribution in [0.1, 0.15) is 23.8 Å². The standard InChI is InChI=1S/C12H19N3O3/c1-4-15-8-9(13)7-10(15)12(17)18-6-5-11(16)14(2)3/h7-8H,4-6,13H2,1-3H3. The molecule has 6 heteroatoms. The summed E-state index contributed by atoms with van der Waals surface area (Å²) in [5, 5.41) is 0. The third-order valence-electron chi connectivity index (χ3n) is 2.52. The van der Waals surface area contributed by atoms with Gasteiger partial charge in [0, 0.05) is 26.8 Å². The van der Waals surface area contributed by atoms with Gasteiger partial charge in [-0.05, 0) is 13.0 Å².